The van der Waals surface area contributed by atoms with Crippen LogP contribution in [0.2, 0.25) is 0 Å². The number of hydrogen-bond donors (Lipinski definition) is 0. The standard InChI is InChI=1S/C24H21N3O4/c1-14-8-10-15(11-9-14)20-24(12-25)13-30-17-7-5-4-6-16(17)19(24)18-21(28)26(2)23(29)27(3)22(18)31-20/h4-11,19-20H,13H2,1-3H3/t19-,20+,24-/m1/s1. The summed E-state index contributed by atoms with van der Waals surface area (Å²) in [4.78, 5) is 26.0. The predicted molar refractivity (Wildman–Crippen MR) is 113 cm³/mol. The maximum atomic E-state index is 13.3. The molecule has 31 heavy (non-hydrogen) atoms. The van der Waals surface area contributed by atoms with Crippen molar-refractivity contribution in [2.45, 2.75) is 18.9 Å². The number of nitrogens with zero attached hydrogens (tertiary/aromatic N) is 3. The zero-order chi connectivity index (χ0) is 21.9. The molecule has 0 aliphatic carbocycles. The summed E-state index contributed by atoms with van der Waals surface area (Å²) in [6.45, 7) is 2.05. The van der Waals surface area contributed by atoms with Crippen LogP contribution in [-0.2, 0) is 14.1 Å². The SMILES string of the molecule is Cc1ccc([C@@H]2Oc3c(c(=O)n(C)c(=O)n3C)[C@H]3c4ccccc4OC[C@]32C#N)cc1. The van der Waals surface area contributed by atoms with Crippen molar-refractivity contribution in [3.05, 3.63) is 91.6 Å². The predicted octanol–water partition coefficient (Wildman–Crippen LogP) is 2.56. The van der Waals surface area contributed by atoms with Gasteiger partial charge in [0.15, 0.2) is 0 Å². The molecule has 2 aliphatic rings. The molecule has 2 aliphatic heterocycles. The Hall–Kier alpha value is -3.79. The lowest BCUT2D eigenvalue weighted by Gasteiger charge is -2.48. The van der Waals surface area contributed by atoms with Gasteiger partial charge in [0.25, 0.3) is 5.56 Å². The molecule has 0 saturated heterocycles. The van der Waals surface area contributed by atoms with Gasteiger partial charge in [0.1, 0.15) is 23.9 Å². The topological polar surface area (TPSA) is 86.2 Å². The van der Waals surface area contributed by atoms with Gasteiger partial charge < -0.3 is 9.47 Å². The normalized spacial score (nSPS) is 23.4. The molecule has 1 aromatic heterocycles. The van der Waals surface area contributed by atoms with Crippen molar-refractivity contribution in [1.82, 2.24) is 9.13 Å². The summed E-state index contributed by atoms with van der Waals surface area (Å²) >= 11 is 0. The molecule has 0 saturated carbocycles. The monoisotopic (exact) mass is 415 g/mol. The van der Waals surface area contributed by atoms with Crippen molar-refractivity contribution in [1.29, 1.82) is 5.26 Å². The first kappa shape index (κ1) is 19.2. The number of nitriles is 1. The Bertz CT molecular complexity index is 1360. The third-order valence-electron chi connectivity index (χ3n) is 6.43. The second kappa shape index (κ2) is 6.61. The number of para-hydroxylation sites is 1. The highest BCUT2D eigenvalue weighted by Gasteiger charge is 2.58. The minimum atomic E-state index is -1.18. The lowest BCUT2D eigenvalue weighted by molar-refractivity contribution is -0.00401. The molecule has 3 atom stereocenters. The first-order valence-electron chi connectivity index (χ1n) is 10.0. The number of hydrogen-bond acceptors (Lipinski definition) is 5. The summed E-state index contributed by atoms with van der Waals surface area (Å²) in [6, 6.07) is 17.6. The Kier molecular flexibility index (Phi) is 4.09. The van der Waals surface area contributed by atoms with Gasteiger partial charge in [0.05, 0.1) is 11.6 Å². The summed E-state index contributed by atoms with van der Waals surface area (Å²) in [5.41, 5.74) is 0.809. The highest BCUT2D eigenvalue weighted by molar-refractivity contribution is 5.53. The van der Waals surface area contributed by atoms with Gasteiger partial charge in [-0.2, -0.15) is 5.26 Å². The van der Waals surface area contributed by atoms with E-state index >= 15 is 0 Å². The summed E-state index contributed by atoms with van der Waals surface area (Å²) in [7, 11) is 3.02. The van der Waals surface area contributed by atoms with E-state index < -0.39 is 28.7 Å². The van der Waals surface area contributed by atoms with Gasteiger partial charge in [-0.1, -0.05) is 48.0 Å². The van der Waals surface area contributed by atoms with E-state index in [-0.39, 0.29) is 12.5 Å². The summed E-state index contributed by atoms with van der Waals surface area (Å²) in [6.07, 6.45) is -0.721. The maximum Gasteiger partial charge on any atom is 0.333 e. The number of aryl methyl sites for hydroxylation is 1. The molecule has 0 amide bonds. The highest BCUT2D eigenvalue weighted by Crippen LogP contribution is 2.58. The minimum Gasteiger partial charge on any atom is -0.491 e. The van der Waals surface area contributed by atoms with Gasteiger partial charge in [0.2, 0.25) is 5.88 Å². The van der Waals surface area contributed by atoms with E-state index in [2.05, 4.69) is 6.07 Å². The van der Waals surface area contributed by atoms with E-state index in [1.165, 1.54) is 11.6 Å². The zero-order valence-corrected chi connectivity index (χ0v) is 17.5. The molecule has 156 valence electrons. The Morgan fingerprint density at radius 1 is 1.06 bits per heavy atom. The molecular formula is C24H21N3O4. The molecule has 0 N–H and O–H groups in total. The molecule has 0 bridgehead atoms. The summed E-state index contributed by atoms with van der Waals surface area (Å²) in [5.74, 6) is 0.221. The average Bonchev–Trinajstić information content (AvgIpc) is 2.80. The average molecular weight is 415 g/mol. The molecule has 0 spiro atoms. The van der Waals surface area contributed by atoms with Crippen molar-refractivity contribution < 1.29 is 9.47 Å². The van der Waals surface area contributed by atoms with Crippen LogP contribution in [0.5, 0.6) is 11.6 Å². The summed E-state index contributed by atoms with van der Waals surface area (Å²) in [5, 5.41) is 10.5. The van der Waals surface area contributed by atoms with Gasteiger partial charge >= 0.3 is 5.69 Å². The molecular weight excluding hydrogens is 394 g/mol. The van der Waals surface area contributed by atoms with Crippen LogP contribution >= 0.6 is 0 Å². The van der Waals surface area contributed by atoms with Crippen LogP contribution in [0.1, 0.15) is 34.3 Å². The van der Waals surface area contributed by atoms with E-state index in [9.17, 15) is 14.9 Å². The molecule has 7 nitrogen and oxygen atoms in total. The van der Waals surface area contributed by atoms with Gasteiger partial charge in [-0.05, 0) is 18.6 Å². The van der Waals surface area contributed by atoms with Crippen molar-refractivity contribution in [2.75, 3.05) is 6.61 Å². The third kappa shape index (κ3) is 2.51. The van der Waals surface area contributed by atoms with Crippen molar-refractivity contribution >= 4 is 0 Å². The van der Waals surface area contributed by atoms with Crippen LogP contribution in [0.25, 0.3) is 0 Å². The lowest BCUT2D eigenvalue weighted by Crippen LogP contribution is -2.52. The van der Waals surface area contributed by atoms with E-state index in [4.69, 9.17) is 9.47 Å². The highest BCUT2D eigenvalue weighted by atomic mass is 16.5. The molecule has 7 heteroatoms. The maximum absolute atomic E-state index is 13.3. The Labute approximate surface area is 178 Å². The Morgan fingerprint density at radius 3 is 2.48 bits per heavy atom. The van der Waals surface area contributed by atoms with Crippen LogP contribution < -0.4 is 20.7 Å². The first-order chi connectivity index (χ1) is 14.9. The van der Waals surface area contributed by atoms with Gasteiger partial charge in [-0.25, -0.2) is 4.79 Å². The second-order valence-electron chi connectivity index (χ2n) is 8.24. The van der Waals surface area contributed by atoms with Crippen LogP contribution in [0, 0.1) is 23.7 Å². The fourth-order valence-electron chi connectivity index (χ4n) is 4.77. The molecule has 0 fully saturated rings. The van der Waals surface area contributed by atoms with Crippen LogP contribution in [0.4, 0.5) is 0 Å². The quantitative estimate of drug-likeness (QED) is 0.610. The Balaban J connectivity index is 1.89. The van der Waals surface area contributed by atoms with E-state index in [0.717, 1.165) is 21.3 Å². The van der Waals surface area contributed by atoms with Gasteiger partial charge in [-0.3, -0.25) is 13.9 Å². The van der Waals surface area contributed by atoms with Crippen molar-refractivity contribution in [3.63, 3.8) is 0 Å². The fraction of sp³-hybridized carbons (Fsp3) is 0.292. The molecule has 5 rings (SSSR count). The van der Waals surface area contributed by atoms with Crippen molar-refractivity contribution in [3.8, 4) is 17.7 Å². The molecule has 2 aromatic carbocycles. The fourth-order valence-corrected chi connectivity index (χ4v) is 4.77. The molecule has 0 unspecified atom stereocenters. The van der Waals surface area contributed by atoms with Gasteiger partial charge in [0, 0.05) is 25.6 Å². The van der Waals surface area contributed by atoms with Crippen LogP contribution in [0.3, 0.4) is 0 Å². The largest absolute Gasteiger partial charge is 0.491 e. The molecule has 3 aromatic rings. The number of rotatable bonds is 1. The minimum absolute atomic E-state index is 0.0646. The summed E-state index contributed by atoms with van der Waals surface area (Å²) < 4.78 is 14.8. The molecule has 3 heterocycles. The van der Waals surface area contributed by atoms with E-state index in [1.54, 1.807) is 7.05 Å². The van der Waals surface area contributed by atoms with Crippen LogP contribution in [0.15, 0.2) is 58.1 Å². The van der Waals surface area contributed by atoms with Crippen LogP contribution in [-0.4, -0.2) is 15.7 Å². The number of ether oxygens (including phenoxy) is 2. The third-order valence-corrected chi connectivity index (χ3v) is 6.43. The van der Waals surface area contributed by atoms with E-state index in [0.29, 0.717) is 11.3 Å². The second-order valence-corrected chi connectivity index (χ2v) is 8.24. The number of fused-ring (bicyclic) bond motifs is 5. The van der Waals surface area contributed by atoms with Crippen molar-refractivity contribution in [2.24, 2.45) is 19.5 Å². The number of aromatic nitrogens is 2. The molecule has 0 radical (unpaired) electrons. The Morgan fingerprint density at radius 2 is 1.77 bits per heavy atom. The lowest BCUT2D eigenvalue weighted by atomic mass is 9.63. The smallest absolute Gasteiger partial charge is 0.333 e. The first-order valence-corrected chi connectivity index (χ1v) is 10.0. The zero-order valence-electron chi connectivity index (χ0n) is 17.5. The number of benzene rings is 2. The van der Waals surface area contributed by atoms with E-state index in [1.807, 2.05) is 55.5 Å². The van der Waals surface area contributed by atoms with Gasteiger partial charge in [-0.15, -0.1) is 0 Å².